The molecule has 0 aliphatic rings. The number of aliphatic hydroxyl groups is 1. The van der Waals surface area contributed by atoms with E-state index in [2.05, 4.69) is 48.5 Å². The third-order valence-electron chi connectivity index (χ3n) is 18.4. The summed E-state index contributed by atoms with van der Waals surface area (Å²) >= 11 is 0. The van der Waals surface area contributed by atoms with Crippen LogP contribution in [0.25, 0.3) is 0 Å². The lowest BCUT2D eigenvalue weighted by atomic mass is 9.99. The maximum Gasteiger partial charge on any atom is 0.472 e. The molecule has 0 saturated carbocycles. The number of carbonyl (C=O) groups excluding carboxylic acids is 4. The van der Waals surface area contributed by atoms with Gasteiger partial charge in [0.15, 0.2) is 12.2 Å². The van der Waals surface area contributed by atoms with Gasteiger partial charge in [-0.15, -0.1) is 0 Å². The fourth-order valence-electron chi connectivity index (χ4n) is 11.5. The van der Waals surface area contributed by atoms with Crippen LogP contribution >= 0.6 is 15.6 Å². The quantitative estimate of drug-likeness (QED) is 0.0222. The lowest BCUT2D eigenvalue weighted by Gasteiger charge is -2.21. The number of aliphatic hydroxyl groups excluding tert-OH is 1. The summed E-state index contributed by atoms with van der Waals surface area (Å²) in [5, 5.41) is 10.6. The molecule has 19 heteroatoms. The highest BCUT2D eigenvalue weighted by Crippen LogP contribution is 2.45. The highest BCUT2D eigenvalue weighted by molar-refractivity contribution is 7.47. The van der Waals surface area contributed by atoms with E-state index in [0.717, 1.165) is 108 Å². The van der Waals surface area contributed by atoms with Gasteiger partial charge in [-0.1, -0.05) is 337 Å². The predicted molar refractivity (Wildman–Crippen MR) is 386 cm³/mol. The molecule has 0 amide bonds. The number of phosphoric acid groups is 2. The van der Waals surface area contributed by atoms with Gasteiger partial charge >= 0.3 is 39.5 Å². The zero-order chi connectivity index (χ0) is 70.1. The van der Waals surface area contributed by atoms with E-state index in [0.29, 0.717) is 25.7 Å². The normalized spacial score (nSPS) is 14.6. The number of unbranched alkanes of at least 4 members (excludes halogenated alkanes) is 40. The van der Waals surface area contributed by atoms with Crippen LogP contribution in [0.15, 0.2) is 0 Å². The van der Waals surface area contributed by atoms with Crippen LogP contribution in [0.1, 0.15) is 389 Å². The molecule has 0 spiro atoms. The fourth-order valence-corrected chi connectivity index (χ4v) is 13.1. The summed E-state index contributed by atoms with van der Waals surface area (Å²) in [6, 6.07) is 0. The van der Waals surface area contributed by atoms with E-state index < -0.39 is 97.5 Å². The molecule has 4 unspecified atom stereocenters. The zero-order valence-electron chi connectivity index (χ0n) is 62.1. The van der Waals surface area contributed by atoms with Crippen molar-refractivity contribution in [3.63, 3.8) is 0 Å². The van der Waals surface area contributed by atoms with Crippen molar-refractivity contribution in [3.8, 4) is 0 Å². The standard InChI is InChI=1S/C76H148O17P2/c1-8-11-12-13-14-15-16-17-18-21-24-27-36-43-50-57-73(78)86-63-71(92-75(80)59-52-45-38-28-25-22-19-20-23-26-33-40-47-54-67(4)5)65-90-94(82,83)88-61-70(77)62-89-95(84,85)91-66-72(93-76(81)60-53-46-39-32-30-35-42-49-56-69(7)10-3)64-87-74(79)58-51-44-37-31-29-34-41-48-55-68(6)9-2/h67-72,77H,8-66H2,1-7H3,(H,82,83)(H,84,85)/t68?,69?,70-,71-,72-/m1/s1. The lowest BCUT2D eigenvalue weighted by molar-refractivity contribution is -0.161. The molecule has 0 saturated heterocycles. The summed E-state index contributed by atoms with van der Waals surface area (Å²) in [5.41, 5.74) is 0. The Morgan fingerprint density at radius 2 is 0.537 bits per heavy atom. The molecule has 564 valence electrons. The van der Waals surface area contributed by atoms with Gasteiger partial charge in [-0.05, 0) is 43.4 Å². The van der Waals surface area contributed by atoms with Crippen molar-refractivity contribution in [3.05, 3.63) is 0 Å². The van der Waals surface area contributed by atoms with E-state index in [1.54, 1.807) is 0 Å². The Labute approximate surface area is 581 Å². The number of rotatable bonds is 74. The molecular formula is C76H148O17P2. The van der Waals surface area contributed by atoms with Crippen molar-refractivity contribution in [1.82, 2.24) is 0 Å². The summed E-state index contributed by atoms with van der Waals surface area (Å²) in [7, 11) is -9.91. The molecule has 3 N–H and O–H groups in total. The first kappa shape index (κ1) is 93.1. The van der Waals surface area contributed by atoms with Crippen LogP contribution in [0, 0.1) is 17.8 Å². The molecular weight excluding hydrogens is 1250 g/mol. The van der Waals surface area contributed by atoms with E-state index in [9.17, 15) is 43.2 Å². The van der Waals surface area contributed by atoms with E-state index in [-0.39, 0.29) is 25.7 Å². The molecule has 17 nitrogen and oxygen atoms in total. The molecule has 0 aromatic heterocycles. The summed E-state index contributed by atoms with van der Waals surface area (Å²) in [5.74, 6) is 0.216. The first-order chi connectivity index (χ1) is 45.8. The van der Waals surface area contributed by atoms with E-state index in [1.165, 1.54) is 199 Å². The van der Waals surface area contributed by atoms with Gasteiger partial charge in [-0.3, -0.25) is 37.3 Å². The van der Waals surface area contributed by atoms with Crippen molar-refractivity contribution in [2.24, 2.45) is 17.8 Å². The number of ether oxygens (including phenoxy) is 4. The highest BCUT2D eigenvalue weighted by Gasteiger charge is 2.30. The van der Waals surface area contributed by atoms with E-state index >= 15 is 0 Å². The second kappa shape index (κ2) is 66.6. The Kier molecular flexibility index (Phi) is 65.2. The number of hydrogen-bond acceptors (Lipinski definition) is 15. The van der Waals surface area contributed by atoms with Crippen LogP contribution in [-0.4, -0.2) is 96.7 Å². The zero-order valence-corrected chi connectivity index (χ0v) is 63.9. The van der Waals surface area contributed by atoms with Crippen molar-refractivity contribution >= 4 is 39.5 Å². The molecule has 0 radical (unpaired) electrons. The number of phosphoric ester groups is 2. The average molecular weight is 1400 g/mol. The van der Waals surface area contributed by atoms with Gasteiger partial charge in [-0.25, -0.2) is 9.13 Å². The molecule has 7 atom stereocenters. The molecule has 0 aromatic rings. The highest BCUT2D eigenvalue weighted by atomic mass is 31.2. The van der Waals surface area contributed by atoms with Gasteiger partial charge in [0, 0.05) is 25.7 Å². The van der Waals surface area contributed by atoms with Gasteiger partial charge in [0.1, 0.15) is 19.3 Å². The average Bonchev–Trinajstić information content (AvgIpc) is 1.50. The van der Waals surface area contributed by atoms with E-state index in [1.807, 2.05) is 0 Å². The minimum absolute atomic E-state index is 0.104. The Bertz CT molecular complexity index is 1860. The summed E-state index contributed by atoms with van der Waals surface area (Å²) in [6.45, 7) is 11.9. The lowest BCUT2D eigenvalue weighted by Crippen LogP contribution is -2.30. The Hall–Kier alpha value is -1.94. The van der Waals surface area contributed by atoms with Crippen LogP contribution in [0.5, 0.6) is 0 Å². The predicted octanol–water partition coefficient (Wildman–Crippen LogP) is 22.2. The topological polar surface area (TPSA) is 237 Å². The molecule has 95 heavy (non-hydrogen) atoms. The van der Waals surface area contributed by atoms with Gasteiger partial charge in [0.2, 0.25) is 0 Å². The van der Waals surface area contributed by atoms with Crippen LogP contribution in [0.4, 0.5) is 0 Å². The van der Waals surface area contributed by atoms with Crippen LogP contribution in [-0.2, 0) is 65.4 Å². The monoisotopic (exact) mass is 1400 g/mol. The minimum Gasteiger partial charge on any atom is -0.462 e. The van der Waals surface area contributed by atoms with Crippen LogP contribution < -0.4 is 0 Å². The Morgan fingerprint density at radius 3 is 0.800 bits per heavy atom. The van der Waals surface area contributed by atoms with Gasteiger partial charge in [0.25, 0.3) is 0 Å². The maximum atomic E-state index is 13.1. The van der Waals surface area contributed by atoms with Crippen molar-refractivity contribution in [2.45, 2.75) is 407 Å². The van der Waals surface area contributed by atoms with Gasteiger partial charge < -0.3 is 33.8 Å². The van der Waals surface area contributed by atoms with Crippen LogP contribution in [0.3, 0.4) is 0 Å². The molecule has 0 aliphatic heterocycles. The number of hydrogen-bond donors (Lipinski definition) is 3. The smallest absolute Gasteiger partial charge is 0.462 e. The Morgan fingerprint density at radius 1 is 0.305 bits per heavy atom. The van der Waals surface area contributed by atoms with Crippen molar-refractivity contribution in [2.75, 3.05) is 39.6 Å². The number of carbonyl (C=O) groups is 4. The van der Waals surface area contributed by atoms with Crippen LogP contribution in [0.2, 0.25) is 0 Å². The minimum atomic E-state index is -4.96. The van der Waals surface area contributed by atoms with E-state index in [4.69, 9.17) is 37.0 Å². The third kappa shape index (κ3) is 67.6. The Balaban J connectivity index is 5.27. The molecule has 0 bridgehead atoms. The molecule has 0 fully saturated rings. The SMILES string of the molecule is CCCCCCCCCCCCCCCCCC(=O)OC[C@H](COP(=O)(O)OC[C@@H](O)COP(=O)(O)OC[C@@H](COC(=O)CCCCCCCCCCC(C)CC)OC(=O)CCCCCCCCCCC(C)CC)OC(=O)CCCCCCCCCCCCCCCC(C)C. The van der Waals surface area contributed by atoms with Crippen molar-refractivity contribution in [1.29, 1.82) is 0 Å². The third-order valence-corrected chi connectivity index (χ3v) is 20.3. The van der Waals surface area contributed by atoms with Crippen molar-refractivity contribution < 1.29 is 80.2 Å². The summed E-state index contributed by atoms with van der Waals surface area (Å²) in [4.78, 5) is 72.9. The fraction of sp³-hybridized carbons (Fsp3) is 0.947. The molecule has 0 aromatic carbocycles. The second-order valence-corrected chi connectivity index (χ2v) is 31.3. The first-order valence-corrected chi connectivity index (χ1v) is 42.4. The maximum absolute atomic E-state index is 13.1. The molecule has 0 aliphatic carbocycles. The van der Waals surface area contributed by atoms with Gasteiger partial charge in [0.05, 0.1) is 26.4 Å². The second-order valence-electron chi connectivity index (χ2n) is 28.4. The molecule has 0 rings (SSSR count). The largest absolute Gasteiger partial charge is 0.472 e. The summed E-state index contributed by atoms with van der Waals surface area (Å²) in [6.07, 6.45) is 52.5. The number of esters is 4. The molecule has 0 heterocycles. The van der Waals surface area contributed by atoms with Gasteiger partial charge in [-0.2, -0.15) is 0 Å². The summed E-state index contributed by atoms with van der Waals surface area (Å²) < 4.78 is 68.6. The first-order valence-electron chi connectivity index (χ1n) is 39.4.